The van der Waals surface area contributed by atoms with E-state index in [0.29, 0.717) is 0 Å². The van der Waals surface area contributed by atoms with Gasteiger partial charge in [0, 0.05) is 0 Å². The molecule has 1 heterocycles. The number of rotatable bonds is 7. The van der Waals surface area contributed by atoms with Gasteiger partial charge >= 0.3 is 0 Å². The van der Waals surface area contributed by atoms with E-state index in [-0.39, 0.29) is 12.2 Å². The summed E-state index contributed by atoms with van der Waals surface area (Å²) in [4.78, 5) is 0. The zero-order valence-corrected chi connectivity index (χ0v) is 8.88. The lowest BCUT2D eigenvalue weighted by atomic mass is 9.89. The molecule has 1 N–H and O–H groups in total. The average Bonchev–Trinajstić information content (AvgIpc) is 2.93. The van der Waals surface area contributed by atoms with E-state index in [1.807, 2.05) is 0 Å². The predicted molar refractivity (Wildman–Crippen MR) is 53.7 cm³/mol. The first-order valence-corrected chi connectivity index (χ1v) is 5.51. The highest BCUT2D eigenvalue weighted by Gasteiger charge is 2.45. The summed E-state index contributed by atoms with van der Waals surface area (Å²) in [7, 11) is 0. The van der Waals surface area contributed by atoms with Crippen LogP contribution in [0.1, 0.15) is 46.0 Å². The predicted octanol–water partition coefficient (Wildman–Crippen LogP) is 2.35. The van der Waals surface area contributed by atoms with Gasteiger partial charge in [-0.25, -0.2) is 0 Å². The van der Waals surface area contributed by atoms with Crippen molar-refractivity contribution in [3.8, 4) is 0 Å². The first-order valence-electron chi connectivity index (χ1n) is 5.51. The molecule has 13 heavy (non-hydrogen) atoms. The maximum Gasteiger partial charge on any atom is 0.115 e. The van der Waals surface area contributed by atoms with Crippen molar-refractivity contribution in [1.29, 1.82) is 0 Å². The third-order valence-electron chi connectivity index (χ3n) is 3.04. The molecule has 78 valence electrons. The van der Waals surface area contributed by atoms with Gasteiger partial charge < -0.3 is 9.84 Å². The van der Waals surface area contributed by atoms with Gasteiger partial charge in [-0.3, -0.25) is 0 Å². The Kier molecular flexibility index (Phi) is 4.20. The Balaban J connectivity index is 2.22. The molecule has 0 aliphatic carbocycles. The van der Waals surface area contributed by atoms with Gasteiger partial charge in [0.25, 0.3) is 0 Å². The first-order chi connectivity index (χ1) is 6.26. The van der Waals surface area contributed by atoms with Crippen LogP contribution in [0, 0.1) is 5.92 Å². The van der Waals surface area contributed by atoms with Crippen molar-refractivity contribution in [2.75, 3.05) is 13.2 Å². The smallest absolute Gasteiger partial charge is 0.115 e. The van der Waals surface area contributed by atoms with Gasteiger partial charge in [-0.15, -0.1) is 0 Å². The number of unbranched alkanes of at least 4 members (excludes halogenated alkanes) is 1. The molecule has 1 rings (SSSR count). The molecule has 2 nitrogen and oxygen atoms in total. The van der Waals surface area contributed by atoms with Gasteiger partial charge in [0.1, 0.15) is 5.60 Å². The minimum absolute atomic E-state index is 0.131. The number of epoxide rings is 1. The SMILES string of the molecule is CCCCC(CC)C[C@@]1(CO)CO1. The Labute approximate surface area is 81.3 Å². The van der Waals surface area contributed by atoms with Gasteiger partial charge in [0.15, 0.2) is 0 Å². The van der Waals surface area contributed by atoms with Crippen LogP contribution in [0.2, 0.25) is 0 Å². The van der Waals surface area contributed by atoms with Crippen molar-refractivity contribution in [1.82, 2.24) is 0 Å². The molecule has 1 saturated heterocycles. The Hall–Kier alpha value is -0.0800. The third-order valence-corrected chi connectivity index (χ3v) is 3.04. The van der Waals surface area contributed by atoms with E-state index in [2.05, 4.69) is 13.8 Å². The topological polar surface area (TPSA) is 32.8 Å². The molecular formula is C11H22O2. The van der Waals surface area contributed by atoms with Crippen molar-refractivity contribution < 1.29 is 9.84 Å². The molecule has 2 heteroatoms. The lowest BCUT2D eigenvalue weighted by Crippen LogP contribution is -2.21. The number of hydrogen-bond donors (Lipinski definition) is 1. The summed E-state index contributed by atoms with van der Waals surface area (Å²) in [6.45, 7) is 5.43. The van der Waals surface area contributed by atoms with Crippen LogP contribution in [0.3, 0.4) is 0 Å². The molecule has 0 aromatic carbocycles. The fourth-order valence-corrected chi connectivity index (χ4v) is 1.85. The summed E-state index contributed by atoms with van der Waals surface area (Å²) < 4.78 is 5.31. The normalized spacial score (nSPS) is 28.8. The summed E-state index contributed by atoms with van der Waals surface area (Å²) >= 11 is 0. The van der Waals surface area contributed by atoms with Gasteiger partial charge in [0.2, 0.25) is 0 Å². The highest BCUT2D eigenvalue weighted by molar-refractivity contribution is 4.93. The molecule has 0 saturated carbocycles. The van der Waals surface area contributed by atoms with E-state index in [1.165, 1.54) is 25.7 Å². The Morgan fingerprint density at radius 3 is 2.54 bits per heavy atom. The van der Waals surface area contributed by atoms with E-state index in [9.17, 15) is 0 Å². The summed E-state index contributed by atoms with van der Waals surface area (Å²) in [6, 6.07) is 0. The highest BCUT2D eigenvalue weighted by Crippen LogP contribution is 2.36. The molecule has 1 unspecified atom stereocenters. The van der Waals surface area contributed by atoms with Crippen LogP contribution >= 0.6 is 0 Å². The molecule has 0 bridgehead atoms. The van der Waals surface area contributed by atoms with Crippen LogP contribution in [0.15, 0.2) is 0 Å². The summed E-state index contributed by atoms with van der Waals surface area (Å²) in [5.74, 6) is 0.745. The molecule has 0 aromatic rings. The maximum absolute atomic E-state index is 9.10. The maximum atomic E-state index is 9.10. The minimum atomic E-state index is -0.131. The molecule has 1 aliphatic heterocycles. The second-order valence-electron chi connectivity index (χ2n) is 4.25. The van der Waals surface area contributed by atoms with Crippen molar-refractivity contribution in [3.63, 3.8) is 0 Å². The van der Waals surface area contributed by atoms with Crippen LogP contribution in [-0.2, 0) is 4.74 Å². The van der Waals surface area contributed by atoms with Crippen molar-refractivity contribution in [2.24, 2.45) is 5.92 Å². The molecule has 0 aromatic heterocycles. The molecule has 0 amide bonds. The molecule has 1 aliphatic rings. The number of aliphatic hydroxyl groups is 1. The number of aliphatic hydroxyl groups excluding tert-OH is 1. The second-order valence-corrected chi connectivity index (χ2v) is 4.25. The van der Waals surface area contributed by atoms with Crippen LogP contribution in [0.4, 0.5) is 0 Å². The Bertz CT molecular complexity index is 141. The molecule has 0 spiro atoms. The molecular weight excluding hydrogens is 164 g/mol. The lowest BCUT2D eigenvalue weighted by molar-refractivity contribution is 0.144. The summed E-state index contributed by atoms with van der Waals surface area (Å²) in [5, 5.41) is 9.10. The minimum Gasteiger partial charge on any atom is -0.393 e. The number of ether oxygens (including phenoxy) is 1. The van der Waals surface area contributed by atoms with Crippen molar-refractivity contribution in [3.05, 3.63) is 0 Å². The fourth-order valence-electron chi connectivity index (χ4n) is 1.85. The first kappa shape index (κ1) is 11.0. The average molecular weight is 186 g/mol. The summed E-state index contributed by atoms with van der Waals surface area (Å²) in [5.41, 5.74) is -0.131. The standard InChI is InChI=1S/C11H22O2/c1-3-5-6-10(4-2)7-11(8-12)9-13-11/h10,12H,3-9H2,1-2H3/t10?,11-/m1/s1. The van der Waals surface area contributed by atoms with Gasteiger partial charge in [-0.05, 0) is 12.3 Å². The number of hydrogen-bond acceptors (Lipinski definition) is 2. The van der Waals surface area contributed by atoms with Crippen molar-refractivity contribution >= 4 is 0 Å². The zero-order chi connectivity index (χ0) is 9.73. The zero-order valence-electron chi connectivity index (χ0n) is 8.88. The van der Waals surface area contributed by atoms with Gasteiger partial charge in [-0.1, -0.05) is 39.5 Å². The third kappa shape index (κ3) is 3.28. The van der Waals surface area contributed by atoms with Crippen molar-refractivity contribution in [2.45, 2.75) is 51.6 Å². The van der Waals surface area contributed by atoms with Crippen LogP contribution < -0.4 is 0 Å². The fraction of sp³-hybridized carbons (Fsp3) is 1.00. The Morgan fingerprint density at radius 2 is 2.15 bits per heavy atom. The Morgan fingerprint density at radius 1 is 1.46 bits per heavy atom. The van der Waals surface area contributed by atoms with E-state index < -0.39 is 0 Å². The van der Waals surface area contributed by atoms with Crippen LogP contribution in [-0.4, -0.2) is 23.9 Å². The van der Waals surface area contributed by atoms with E-state index in [1.54, 1.807) is 0 Å². The molecule has 2 atom stereocenters. The summed E-state index contributed by atoms with van der Waals surface area (Å²) in [6.07, 6.45) is 6.13. The molecule has 0 radical (unpaired) electrons. The van der Waals surface area contributed by atoms with Gasteiger partial charge in [-0.2, -0.15) is 0 Å². The largest absolute Gasteiger partial charge is 0.393 e. The van der Waals surface area contributed by atoms with E-state index in [4.69, 9.17) is 9.84 Å². The monoisotopic (exact) mass is 186 g/mol. The van der Waals surface area contributed by atoms with Crippen LogP contribution in [0.5, 0.6) is 0 Å². The van der Waals surface area contributed by atoms with Crippen LogP contribution in [0.25, 0.3) is 0 Å². The lowest BCUT2D eigenvalue weighted by Gasteiger charge is -2.17. The quantitative estimate of drug-likeness (QED) is 0.619. The van der Waals surface area contributed by atoms with E-state index >= 15 is 0 Å². The highest BCUT2D eigenvalue weighted by atomic mass is 16.6. The van der Waals surface area contributed by atoms with E-state index in [0.717, 1.165) is 18.9 Å². The molecule has 1 fully saturated rings. The van der Waals surface area contributed by atoms with Gasteiger partial charge in [0.05, 0.1) is 13.2 Å². The second kappa shape index (κ2) is 4.97.